The zero-order chi connectivity index (χ0) is 15.6. The van der Waals surface area contributed by atoms with Gasteiger partial charge < -0.3 is 10.2 Å². The van der Waals surface area contributed by atoms with Crippen LogP contribution < -0.4 is 10.2 Å². The second-order valence-electron chi connectivity index (χ2n) is 6.17. The summed E-state index contributed by atoms with van der Waals surface area (Å²) >= 11 is 3.14. The van der Waals surface area contributed by atoms with Gasteiger partial charge in [-0.05, 0) is 30.9 Å². The van der Waals surface area contributed by atoms with Crippen molar-refractivity contribution >= 4 is 21.6 Å². The third kappa shape index (κ3) is 3.95. The molecule has 1 aromatic rings. The average Bonchev–Trinajstić information content (AvgIpc) is 2.37. The van der Waals surface area contributed by atoms with Crippen molar-refractivity contribution in [2.75, 3.05) is 18.0 Å². The van der Waals surface area contributed by atoms with E-state index in [1.165, 1.54) is 12.1 Å². The molecule has 1 saturated heterocycles. The quantitative estimate of drug-likeness (QED) is 0.859. The first-order chi connectivity index (χ1) is 9.92. The van der Waals surface area contributed by atoms with Crippen LogP contribution in [0.2, 0.25) is 0 Å². The fraction of sp³-hybridized carbons (Fsp3) is 0.625. The van der Waals surface area contributed by atoms with Crippen molar-refractivity contribution in [3.05, 3.63) is 28.2 Å². The summed E-state index contributed by atoms with van der Waals surface area (Å²) in [5, 5.41) is 3.51. The molecule has 0 radical (unpaired) electrons. The summed E-state index contributed by atoms with van der Waals surface area (Å²) in [6.45, 7) is 7.79. The molecule has 2 rings (SSSR count). The number of halogens is 3. The van der Waals surface area contributed by atoms with Crippen molar-refractivity contribution < 1.29 is 8.78 Å². The third-order valence-corrected chi connectivity index (χ3v) is 4.45. The number of hydrogen-bond acceptors (Lipinski definition) is 2. The lowest BCUT2D eigenvalue weighted by atomic mass is 9.98. The molecule has 2 nitrogen and oxygen atoms in total. The Bertz CT molecular complexity index is 470. The normalized spacial score (nSPS) is 22.9. The van der Waals surface area contributed by atoms with Crippen molar-refractivity contribution in [1.29, 1.82) is 0 Å². The summed E-state index contributed by atoms with van der Waals surface area (Å²) in [5.41, 5.74) is 0.111. The molecule has 0 aromatic heterocycles. The lowest BCUT2D eigenvalue weighted by Gasteiger charge is -2.42. The molecule has 1 aliphatic rings. The number of benzene rings is 1. The van der Waals surface area contributed by atoms with E-state index in [1.807, 2.05) is 4.90 Å². The summed E-state index contributed by atoms with van der Waals surface area (Å²) in [6.07, 6.45) is 1.86. The summed E-state index contributed by atoms with van der Waals surface area (Å²) in [7, 11) is 0. The Hall–Kier alpha value is -0.680. The Balaban J connectivity index is 2.29. The largest absolute Gasteiger partial charge is 0.361 e. The SMILES string of the molecule is CCC1CNC(CC(C)C)CN1c1c(F)cc(Br)cc1F. The fourth-order valence-corrected chi connectivity index (χ4v) is 3.44. The molecule has 0 saturated carbocycles. The molecule has 118 valence electrons. The maximum Gasteiger partial charge on any atom is 0.150 e. The molecule has 0 aliphatic carbocycles. The Morgan fingerprint density at radius 1 is 1.33 bits per heavy atom. The van der Waals surface area contributed by atoms with E-state index in [0.29, 0.717) is 16.9 Å². The van der Waals surface area contributed by atoms with Gasteiger partial charge in [0.05, 0.1) is 0 Å². The zero-order valence-electron chi connectivity index (χ0n) is 12.8. The number of piperazine rings is 1. The minimum atomic E-state index is -0.495. The van der Waals surface area contributed by atoms with Gasteiger partial charge in [0, 0.05) is 29.6 Å². The highest BCUT2D eigenvalue weighted by molar-refractivity contribution is 9.10. The Morgan fingerprint density at radius 2 is 1.95 bits per heavy atom. The zero-order valence-corrected chi connectivity index (χ0v) is 14.4. The lowest BCUT2D eigenvalue weighted by Crippen LogP contribution is -2.57. The molecule has 1 aliphatic heterocycles. The Morgan fingerprint density at radius 3 is 2.48 bits per heavy atom. The van der Waals surface area contributed by atoms with Gasteiger partial charge in [0.1, 0.15) is 5.69 Å². The first kappa shape index (κ1) is 16.7. The van der Waals surface area contributed by atoms with Gasteiger partial charge in [0.15, 0.2) is 11.6 Å². The highest BCUT2D eigenvalue weighted by Gasteiger charge is 2.30. The van der Waals surface area contributed by atoms with Gasteiger partial charge in [-0.2, -0.15) is 0 Å². The molecule has 0 spiro atoms. The van der Waals surface area contributed by atoms with E-state index >= 15 is 0 Å². The summed E-state index contributed by atoms with van der Waals surface area (Å²) < 4.78 is 29.0. The highest BCUT2D eigenvalue weighted by atomic mass is 79.9. The smallest absolute Gasteiger partial charge is 0.150 e. The molecule has 1 aromatic carbocycles. The molecule has 2 atom stereocenters. The molecular weight excluding hydrogens is 338 g/mol. The first-order valence-electron chi connectivity index (χ1n) is 7.56. The maximum atomic E-state index is 14.3. The number of rotatable bonds is 4. The second kappa shape index (κ2) is 7.05. The van der Waals surface area contributed by atoms with Crippen LogP contribution in [0.1, 0.15) is 33.6 Å². The molecule has 2 unspecified atom stereocenters. The number of anilines is 1. The van der Waals surface area contributed by atoms with Crippen LogP contribution in [-0.4, -0.2) is 25.2 Å². The van der Waals surface area contributed by atoms with E-state index in [-0.39, 0.29) is 17.8 Å². The van der Waals surface area contributed by atoms with Gasteiger partial charge in [-0.15, -0.1) is 0 Å². The van der Waals surface area contributed by atoms with Crippen LogP contribution in [0.3, 0.4) is 0 Å². The molecule has 0 bridgehead atoms. The highest BCUT2D eigenvalue weighted by Crippen LogP contribution is 2.31. The van der Waals surface area contributed by atoms with Gasteiger partial charge in [-0.1, -0.05) is 36.7 Å². The van der Waals surface area contributed by atoms with E-state index in [9.17, 15) is 8.78 Å². The average molecular weight is 361 g/mol. The standard InChI is InChI=1S/C16H23BrF2N2/c1-4-13-8-20-12(5-10(2)3)9-21(13)16-14(18)6-11(17)7-15(16)19/h6-7,10,12-13,20H,4-5,8-9H2,1-3H3. The van der Waals surface area contributed by atoms with Crippen LogP contribution in [0.25, 0.3) is 0 Å². The van der Waals surface area contributed by atoms with Crippen LogP contribution in [0, 0.1) is 17.6 Å². The molecular formula is C16H23BrF2N2. The Kier molecular flexibility index (Phi) is 5.60. The van der Waals surface area contributed by atoms with Crippen molar-refractivity contribution in [3.8, 4) is 0 Å². The molecule has 0 amide bonds. The van der Waals surface area contributed by atoms with Crippen molar-refractivity contribution in [3.63, 3.8) is 0 Å². The minimum Gasteiger partial charge on any atom is -0.361 e. The first-order valence-corrected chi connectivity index (χ1v) is 8.36. The van der Waals surface area contributed by atoms with Crippen LogP contribution in [0.15, 0.2) is 16.6 Å². The predicted molar refractivity (Wildman–Crippen MR) is 86.7 cm³/mol. The number of nitrogens with one attached hydrogen (secondary N) is 1. The van der Waals surface area contributed by atoms with Crippen LogP contribution in [-0.2, 0) is 0 Å². The van der Waals surface area contributed by atoms with E-state index in [4.69, 9.17) is 0 Å². The van der Waals surface area contributed by atoms with Gasteiger partial charge in [0.25, 0.3) is 0 Å². The molecule has 1 N–H and O–H groups in total. The number of nitrogens with zero attached hydrogens (tertiary/aromatic N) is 1. The molecule has 5 heteroatoms. The van der Waals surface area contributed by atoms with Crippen LogP contribution in [0.4, 0.5) is 14.5 Å². The maximum absolute atomic E-state index is 14.3. The topological polar surface area (TPSA) is 15.3 Å². The molecule has 1 heterocycles. The fourth-order valence-electron chi connectivity index (χ4n) is 3.04. The van der Waals surface area contributed by atoms with Crippen LogP contribution in [0.5, 0.6) is 0 Å². The van der Waals surface area contributed by atoms with Crippen molar-refractivity contribution in [1.82, 2.24) is 5.32 Å². The third-order valence-electron chi connectivity index (χ3n) is 4.00. The van der Waals surface area contributed by atoms with Gasteiger partial charge in [-0.25, -0.2) is 8.78 Å². The van der Waals surface area contributed by atoms with Crippen molar-refractivity contribution in [2.24, 2.45) is 5.92 Å². The Labute approximate surface area is 134 Å². The van der Waals surface area contributed by atoms with Gasteiger partial charge >= 0.3 is 0 Å². The summed E-state index contributed by atoms with van der Waals surface area (Å²) in [6, 6.07) is 3.07. The number of hydrogen-bond donors (Lipinski definition) is 1. The monoisotopic (exact) mass is 360 g/mol. The second-order valence-corrected chi connectivity index (χ2v) is 7.08. The minimum absolute atomic E-state index is 0.111. The van der Waals surface area contributed by atoms with Crippen LogP contribution >= 0.6 is 15.9 Å². The lowest BCUT2D eigenvalue weighted by molar-refractivity contribution is 0.338. The summed E-state index contributed by atoms with van der Waals surface area (Å²) in [5.74, 6) is -0.432. The molecule has 1 fully saturated rings. The van der Waals surface area contributed by atoms with Crippen molar-refractivity contribution in [2.45, 2.75) is 45.7 Å². The summed E-state index contributed by atoms with van der Waals surface area (Å²) in [4.78, 5) is 1.90. The predicted octanol–water partition coefficient (Wildman–Crippen LogP) is 4.33. The van der Waals surface area contributed by atoms with Gasteiger partial charge in [-0.3, -0.25) is 0 Å². The van der Waals surface area contributed by atoms with E-state index in [0.717, 1.165) is 19.4 Å². The van der Waals surface area contributed by atoms with E-state index in [2.05, 4.69) is 42.0 Å². The molecule has 21 heavy (non-hydrogen) atoms. The van der Waals surface area contributed by atoms with Gasteiger partial charge in [0.2, 0.25) is 0 Å². The van der Waals surface area contributed by atoms with E-state index < -0.39 is 11.6 Å². The van der Waals surface area contributed by atoms with E-state index in [1.54, 1.807) is 0 Å².